The molecule has 2 aliphatic rings. The summed E-state index contributed by atoms with van der Waals surface area (Å²) in [7, 11) is 1.63. The summed E-state index contributed by atoms with van der Waals surface area (Å²) in [4.78, 5) is 53.1. The number of hydrogen-bond acceptors (Lipinski definition) is 7. The molecule has 8 nitrogen and oxygen atoms in total. The molecule has 8 heteroatoms. The normalized spacial score (nSPS) is 21.8. The SMILES string of the molecule is CN1C[C@H](C(=O)c2ccccc2)[C@@H](c2ccc([N+](=O)[O-])o2)C12C(=O)c1ccccc1C2=O. The maximum Gasteiger partial charge on any atom is 0.433 e. The zero-order valence-electron chi connectivity index (χ0n) is 17.1. The summed E-state index contributed by atoms with van der Waals surface area (Å²) in [6.07, 6.45) is 0. The first kappa shape index (κ1) is 20.0. The number of benzene rings is 2. The van der Waals surface area contributed by atoms with Crippen LogP contribution < -0.4 is 0 Å². The predicted molar refractivity (Wildman–Crippen MR) is 113 cm³/mol. The van der Waals surface area contributed by atoms with Crippen LogP contribution >= 0.6 is 0 Å². The van der Waals surface area contributed by atoms with E-state index in [1.54, 1.807) is 66.5 Å². The quantitative estimate of drug-likeness (QED) is 0.269. The van der Waals surface area contributed by atoms with Crippen LogP contribution in [-0.4, -0.2) is 46.3 Å². The van der Waals surface area contributed by atoms with E-state index in [9.17, 15) is 24.5 Å². The van der Waals surface area contributed by atoms with Crippen LogP contribution in [0.2, 0.25) is 0 Å². The van der Waals surface area contributed by atoms with Gasteiger partial charge in [0, 0.05) is 29.2 Å². The van der Waals surface area contributed by atoms with E-state index < -0.39 is 39.7 Å². The molecule has 3 aromatic rings. The molecule has 1 aromatic heterocycles. The van der Waals surface area contributed by atoms with Crippen LogP contribution in [0.1, 0.15) is 42.8 Å². The van der Waals surface area contributed by atoms with E-state index >= 15 is 0 Å². The van der Waals surface area contributed by atoms with Crippen molar-refractivity contribution >= 4 is 23.2 Å². The highest BCUT2D eigenvalue weighted by molar-refractivity contribution is 6.34. The highest BCUT2D eigenvalue weighted by Crippen LogP contribution is 2.53. The average Bonchev–Trinajstić information content (AvgIpc) is 3.46. The number of likely N-dealkylation sites (N-methyl/N-ethyl adjacent to an activating group) is 1. The number of Topliss-reactive ketones (excluding diaryl/α,β-unsaturated/α-hetero) is 3. The monoisotopic (exact) mass is 430 g/mol. The van der Waals surface area contributed by atoms with Gasteiger partial charge in [0.25, 0.3) is 0 Å². The molecule has 32 heavy (non-hydrogen) atoms. The summed E-state index contributed by atoms with van der Waals surface area (Å²) >= 11 is 0. The van der Waals surface area contributed by atoms with E-state index in [4.69, 9.17) is 4.42 Å². The third-order valence-electron chi connectivity index (χ3n) is 6.53. The van der Waals surface area contributed by atoms with Gasteiger partial charge in [0.1, 0.15) is 10.7 Å². The first-order valence-corrected chi connectivity index (χ1v) is 10.1. The largest absolute Gasteiger partial charge is 0.433 e. The maximum atomic E-state index is 13.7. The van der Waals surface area contributed by atoms with E-state index in [0.717, 1.165) is 0 Å². The second kappa shape index (κ2) is 7.06. The Labute approximate surface area is 182 Å². The number of rotatable bonds is 4. The molecule has 5 rings (SSSR count). The van der Waals surface area contributed by atoms with Crippen LogP contribution in [-0.2, 0) is 0 Å². The highest BCUT2D eigenvalue weighted by atomic mass is 16.6. The van der Waals surface area contributed by atoms with Gasteiger partial charge in [-0.15, -0.1) is 0 Å². The summed E-state index contributed by atoms with van der Waals surface area (Å²) in [6, 6.07) is 17.7. The predicted octanol–water partition coefficient (Wildman–Crippen LogP) is 3.53. The molecule has 2 atom stereocenters. The molecule has 0 saturated carbocycles. The van der Waals surface area contributed by atoms with Crippen LogP contribution in [0.15, 0.2) is 71.1 Å². The Balaban J connectivity index is 1.71. The fraction of sp³-hybridized carbons (Fsp3) is 0.208. The van der Waals surface area contributed by atoms with E-state index in [1.807, 2.05) is 0 Å². The number of nitro groups is 1. The maximum absolute atomic E-state index is 13.7. The van der Waals surface area contributed by atoms with Crippen molar-refractivity contribution in [3.8, 4) is 0 Å². The lowest BCUT2D eigenvalue weighted by atomic mass is 9.73. The average molecular weight is 430 g/mol. The van der Waals surface area contributed by atoms with Gasteiger partial charge in [-0.1, -0.05) is 54.6 Å². The van der Waals surface area contributed by atoms with Crippen molar-refractivity contribution in [3.05, 3.63) is 99.3 Å². The molecule has 1 aliphatic heterocycles. The Morgan fingerprint density at radius 1 is 1.00 bits per heavy atom. The molecule has 1 spiro atoms. The van der Waals surface area contributed by atoms with Gasteiger partial charge >= 0.3 is 5.88 Å². The molecule has 0 radical (unpaired) electrons. The Morgan fingerprint density at radius 2 is 1.59 bits per heavy atom. The molecule has 2 aromatic carbocycles. The van der Waals surface area contributed by atoms with Crippen molar-refractivity contribution in [1.82, 2.24) is 4.90 Å². The molecule has 160 valence electrons. The van der Waals surface area contributed by atoms with E-state index in [2.05, 4.69) is 0 Å². The van der Waals surface area contributed by atoms with Crippen LogP contribution in [0.4, 0.5) is 5.88 Å². The molecule has 1 fully saturated rings. The van der Waals surface area contributed by atoms with E-state index in [-0.39, 0.29) is 29.2 Å². The minimum atomic E-state index is -1.70. The minimum absolute atomic E-state index is 0.0739. The number of ketones is 3. The molecule has 2 heterocycles. The summed E-state index contributed by atoms with van der Waals surface area (Å²) in [6.45, 7) is 0.123. The summed E-state index contributed by atoms with van der Waals surface area (Å²) < 4.78 is 5.49. The number of nitrogens with zero attached hydrogens (tertiary/aromatic N) is 2. The zero-order valence-corrected chi connectivity index (χ0v) is 17.1. The van der Waals surface area contributed by atoms with Gasteiger partial charge in [0.15, 0.2) is 22.9 Å². The van der Waals surface area contributed by atoms with E-state index in [0.29, 0.717) is 5.56 Å². The smallest absolute Gasteiger partial charge is 0.405 e. The number of furan rings is 1. The van der Waals surface area contributed by atoms with Crippen molar-refractivity contribution < 1.29 is 23.7 Å². The lowest BCUT2D eigenvalue weighted by Crippen LogP contribution is -2.54. The summed E-state index contributed by atoms with van der Waals surface area (Å²) in [5.41, 5.74) is -0.708. The third-order valence-corrected chi connectivity index (χ3v) is 6.53. The molecule has 1 aliphatic carbocycles. The second-order valence-electron chi connectivity index (χ2n) is 8.10. The standard InChI is InChI=1S/C24H18N2O6/c1-25-13-17(21(27)14-7-3-2-4-8-14)20(18-11-12-19(32-18)26(30)31)24(25)22(28)15-9-5-6-10-16(15)23(24)29/h2-12,17,20H,13H2,1H3/t17-,20-/m0/s1. The van der Waals surface area contributed by atoms with Crippen molar-refractivity contribution in [2.45, 2.75) is 11.5 Å². The van der Waals surface area contributed by atoms with Gasteiger partial charge in [0.2, 0.25) is 0 Å². The lowest BCUT2D eigenvalue weighted by Gasteiger charge is -2.33. The van der Waals surface area contributed by atoms with Crippen LogP contribution in [0.3, 0.4) is 0 Å². The van der Waals surface area contributed by atoms with Crippen molar-refractivity contribution in [1.29, 1.82) is 0 Å². The fourth-order valence-corrected chi connectivity index (χ4v) is 5.16. The number of fused-ring (bicyclic) bond motifs is 1. The minimum Gasteiger partial charge on any atom is -0.405 e. The van der Waals surface area contributed by atoms with Gasteiger partial charge < -0.3 is 4.42 Å². The molecule has 0 unspecified atom stereocenters. The van der Waals surface area contributed by atoms with Crippen LogP contribution in [0.25, 0.3) is 0 Å². The topological polar surface area (TPSA) is 111 Å². The Bertz CT molecular complexity index is 1240. The number of likely N-dealkylation sites (tertiary alicyclic amines) is 1. The number of carbonyl (C=O) groups is 3. The molecular formula is C24H18N2O6. The van der Waals surface area contributed by atoms with Crippen molar-refractivity contribution in [2.75, 3.05) is 13.6 Å². The molecule has 0 amide bonds. The van der Waals surface area contributed by atoms with Gasteiger partial charge in [-0.25, -0.2) is 0 Å². The first-order chi connectivity index (χ1) is 15.4. The Hall–Kier alpha value is -3.91. The zero-order chi connectivity index (χ0) is 22.6. The van der Waals surface area contributed by atoms with Gasteiger partial charge in [-0.05, 0) is 13.1 Å². The van der Waals surface area contributed by atoms with Crippen LogP contribution in [0, 0.1) is 16.0 Å². The number of hydrogen-bond donors (Lipinski definition) is 0. The van der Waals surface area contributed by atoms with Gasteiger partial charge in [0.05, 0.1) is 12.0 Å². The van der Waals surface area contributed by atoms with Gasteiger partial charge in [-0.2, -0.15) is 0 Å². The Kier molecular flexibility index (Phi) is 4.42. The molecule has 0 bridgehead atoms. The molecule has 1 saturated heterocycles. The fourth-order valence-electron chi connectivity index (χ4n) is 5.16. The summed E-state index contributed by atoms with van der Waals surface area (Å²) in [5, 5.41) is 11.3. The highest BCUT2D eigenvalue weighted by Gasteiger charge is 2.68. The van der Waals surface area contributed by atoms with Gasteiger partial charge in [-0.3, -0.25) is 29.4 Å². The van der Waals surface area contributed by atoms with Crippen molar-refractivity contribution in [3.63, 3.8) is 0 Å². The van der Waals surface area contributed by atoms with E-state index in [1.165, 1.54) is 12.1 Å². The third kappa shape index (κ3) is 2.56. The van der Waals surface area contributed by atoms with Crippen molar-refractivity contribution in [2.24, 2.45) is 5.92 Å². The number of carbonyl (C=O) groups excluding carboxylic acids is 3. The lowest BCUT2D eigenvalue weighted by molar-refractivity contribution is -0.402. The van der Waals surface area contributed by atoms with Crippen LogP contribution in [0.5, 0.6) is 0 Å². The first-order valence-electron chi connectivity index (χ1n) is 10.1. The molecular weight excluding hydrogens is 412 g/mol. The summed E-state index contributed by atoms with van der Waals surface area (Å²) in [5.74, 6) is -3.36. The second-order valence-corrected chi connectivity index (χ2v) is 8.10. The Morgan fingerprint density at radius 3 is 2.16 bits per heavy atom. The molecule has 0 N–H and O–H groups in total.